The van der Waals surface area contributed by atoms with Gasteiger partial charge in [0.15, 0.2) is 0 Å². The van der Waals surface area contributed by atoms with Crippen molar-refractivity contribution in [2.45, 2.75) is 6.54 Å². The van der Waals surface area contributed by atoms with E-state index >= 15 is 0 Å². The van der Waals surface area contributed by atoms with Crippen LogP contribution in [0.1, 0.15) is 15.9 Å². The Balaban J connectivity index is 1.82. The average Bonchev–Trinajstić information content (AvgIpc) is 3.35. The van der Waals surface area contributed by atoms with E-state index in [1.807, 2.05) is 35.7 Å². The van der Waals surface area contributed by atoms with E-state index in [0.717, 1.165) is 32.9 Å². The standard InChI is InChI=1S/C24H17FN2OS/c25-17-5-1-4-15(12-17)14-27-20-7-2-6-19(24(26)28)23(20)18-10-9-16(13-21(18)27)22-8-3-11-29-22/h1-13H,14H2,(H2,26,28). The van der Waals surface area contributed by atoms with Gasteiger partial charge in [0.2, 0.25) is 5.91 Å². The Bertz CT molecular complexity index is 1370. The van der Waals surface area contributed by atoms with Crippen molar-refractivity contribution in [1.82, 2.24) is 4.57 Å². The number of hydrogen-bond acceptors (Lipinski definition) is 2. The van der Waals surface area contributed by atoms with Gasteiger partial charge in [-0.15, -0.1) is 11.3 Å². The highest BCUT2D eigenvalue weighted by Gasteiger charge is 2.17. The van der Waals surface area contributed by atoms with Gasteiger partial charge in [-0.05, 0) is 52.9 Å². The summed E-state index contributed by atoms with van der Waals surface area (Å²) in [7, 11) is 0. The zero-order valence-electron chi connectivity index (χ0n) is 15.4. The van der Waals surface area contributed by atoms with E-state index in [-0.39, 0.29) is 5.82 Å². The van der Waals surface area contributed by atoms with Crippen LogP contribution in [0.25, 0.3) is 32.2 Å². The van der Waals surface area contributed by atoms with Gasteiger partial charge < -0.3 is 10.3 Å². The van der Waals surface area contributed by atoms with E-state index in [4.69, 9.17) is 5.73 Å². The molecule has 3 aromatic carbocycles. The van der Waals surface area contributed by atoms with E-state index in [9.17, 15) is 9.18 Å². The molecule has 0 unspecified atom stereocenters. The molecule has 0 spiro atoms. The number of nitrogens with zero attached hydrogens (tertiary/aromatic N) is 1. The summed E-state index contributed by atoms with van der Waals surface area (Å²) in [5, 5.41) is 3.85. The summed E-state index contributed by atoms with van der Waals surface area (Å²) in [4.78, 5) is 13.3. The molecule has 2 aromatic heterocycles. The van der Waals surface area contributed by atoms with Gasteiger partial charge >= 0.3 is 0 Å². The number of carbonyl (C=O) groups excluding carboxylic acids is 1. The number of amides is 1. The van der Waals surface area contributed by atoms with E-state index < -0.39 is 5.91 Å². The van der Waals surface area contributed by atoms with Crippen molar-refractivity contribution >= 4 is 39.0 Å². The Morgan fingerprint density at radius 3 is 2.59 bits per heavy atom. The predicted octanol–water partition coefficient (Wildman–Crippen LogP) is 5.81. The molecule has 0 atom stereocenters. The van der Waals surface area contributed by atoms with Crippen LogP contribution >= 0.6 is 11.3 Å². The van der Waals surface area contributed by atoms with Gasteiger partial charge in [-0.3, -0.25) is 4.79 Å². The van der Waals surface area contributed by atoms with Crippen LogP contribution in [0.2, 0.25) is 0 Å². The van der Waals surface area contributed by atoms with Crippen molar-refractivity contribution in [3.05, 3.63) is 95.1 Å². The summed E-state index contributed by atoms with van der Waals surface area (Å²) in [6, 6.07) is 22.5. The Labute approximate surface area is 170 Å². The van der Waals surface area contributed by atoms with Crippen LogP contribution in [-0.4, -0.2) is 10.5 Å². The first-order chi connectivity index (χ1) is 14.1. The van der Waals surface area contributed by atoms with E-state index in [1.165, 1.54) is 10.9 Å². The quantitative estimate of drug-likeness (QED) is 0.407. The number of hydrogen-bond donors (Lipinski definition) is 1. The highest BCUT2D eigenvalue weighted by molar-refractivity contribution is 7.13. The predicted molar refractivity (Wildman–Crippen MR) is 117 cm³/mol. The maximum atomic E-state index is 13.8. The van der Waals surface area contributed by atoms with E-state index in [1.54, 1.807) is 29.5 Å². The second kappa shape index (κ2) is 6.87. The molecule has 5 aromatic rings. The van der Waals surface area contributed by atoms with Crippen molar-refractivity contribution < 1.29 is 9.18 Å². The lowest BCUT2D eigenvalue weighted by atomic mass is 10.0. The van der Waals surface area contributed by atoms with Crippen LogP contribution in [0.3, 0.4) is 0 Å². The lowest BCUT2D eigenvalue weighted by Crippen LogP contribution is -2.11. The van der Waals surface area contributed by atoms with Gasteiger partial charge in [-0.1, -0.05) is 36.4 Å². The van der Waals surface area contributed by atoms with Crippen LogP contribution in [0.15, 0.2) is 78.2 Å². The first kappa shape index (κ1) is 17.6. The number of rotatable bonds is 4. The number of benzene rings is 3. The minimum Gasteiger partial charge on any atom is -0.366 e. The minimum absolute atomic E-state index is 0.264. The van der Waals surface area contributed by atoms with Crippen LogP contribution < -0.4 is 5.73 Å². The monoisotopic (exact) mass is 400 g/mol. The molecule has 2 heterocycles. The first-order valence-electron chi connectivity index (χ1n) is 9.25. The molecule has 142 valence electrons. The number of primary amides is 1. The van der Waals surface area contributed by atoms with Crippen molar-refractivity contribution in [2.75, 3.05) is 0 Å². The highest BCUT2D eigenvalue weighted by atomic mass is 32.1. The number of carbonyl (C=O) groups is 1. The Hall–Kier alpha value is -3.44. The number of nitrogens with two attached hydrogens (primary N) is 1. The number of aromatic nitrogens is 1. The summed E-state index contributed by atoms with van der Waals surface area (Å²) in [5.74, 6) is -0.719. The number of halogens is 1. The van der Waals surface area contributed by atoms with Gasteiger partial charge in [-0.25, -0.2) is 4.39 Å². The molecule has 0 aliphatic rings. The second-order valence-electron chi connectivity index (χ2n) is 6.99. The van der Waals surface area contributed by atoms with Crippen LogP contribution in [-0.2, 0) is 6.54 Å². The van der Waals surface area contributed by atoms with E-state index in [2.05, 4.69) is 22.8 Å². The normalized spacial score (nSPS) is 11.3. The highest BCUT2D eigenvalue weighted by Crippen LogP contribution is 2.36. The molecular formula is C24H17FN2OS. The number of fused-ring (bicyclic) bond motifs is 3. The van der Waals surface area contributed by atoms with Crippen molar-refractivity contribution in [1.29, 1.82) is 0 Å². The fraction of sp³-hybridized carbons (Fsp3) is 0.0417. The lowest BCUT2D eigenvalue weighted by molar-refractivity contribution is 0.100. The zero-order valence-corrected chi connectivity index (χ0v) is 16.2. The summed E-state index contributed by atoms with van der Waals surface area (Å²) in [6.45, 7) is 0.494. The molecule has 0 aliphatic heterocycles. The maximum absolute atomic E-state index is 13.8. The summed E-state index contributed by atoms with van der Waals surface area (Å²) in [6.07, 6.45) is 0. The largest absolute Gasteiger partial charge is 0.366 e. The van der Waals surface area contributed by atoms with Gasteiger partial charge in [0.25, 0.3) is 0 Å². The SMILES string of the molecule is NC(=O)c1cccc2c1c1ccc(-c3cccs3)cc1n2Cc1cccc(F)c1. The fourth-order valence-corrected chi connectivity index (χ4v) is 4.66. The Kier molecular flexibility index (Phi) is 4.18. The molecule has 0 saturated heterocycles. The third-order valence-corrected chi connectivity index (χ3v) is 6.11. The molecule has 1 amide bonds. The molecule has 3 nitrogen and oxygen atoms in total. The molecule has 5 heteroatoms. The Morgan fingerprint density at radius 2 is 1.83 bits per heavy atom. The third kappa shape index (κ3) is 3.00. The van der Waals surface area contributed by atoms with Crippen molar-refractivity contribution in [3.8, 4) is 10.4 Å². The maximum Gasteiger partial charge on any atom is 0.249 e. The van der Waals surface area contributed by atoms with Gasteiger partial charge in [0.1, 0.15) is 5.82 Å². The zero-order chi connectivity index (χ0) is 20.0. The van der Waals surface area contributed by atoms with Gasteiger partial charge in [0, 0.05) is 27.8 Å². The van der Waals surface area contributed by atoms with Gasteiger partial charge in [0.05, 0.1) is 11.0 Å². The molecule has 0 bridgehead atoms. The van der Waals surface area contributed by atoms with Crippen LogP contribution in [0.5, 0.6) is 0 Å². The van der Waals surface area contributed by atoms with Crippen molar-refractivity contribution in [3.63, 3.8) is 0 Å². The smallest absolute Gasteiger partial charge is 0.249 e. The second-order valence-corrected chi connectivity index (χ2v) is 7.94. The molecule has 2 N–H and O–H groups in total. The number of thiophene rings is 1. The van der Waals surface area contributed by atoms with Crippen LogP contribution in [0, 0.1) is 5.82 Å². The third-order valence-electron chi connectivity index (χ3n) is 5.19. The molecular weight excluding hydrogens is 383 g/mol. The summed E-state index contributed by atoms with van der Waals surface area (Å²) >= 11 is 1.68. The molecule has 0 aliphatic carbocycles. The Morgan fingerprint density at radius 1 is 0.966 bits per heavy atom. The van der Waals surface area contributed by atoms with Crippen LogP contribution in [0.4, 0.5) is 4.39 Å². The molecule has 0 saturated carbocycles. The van der Waals surface area contributed by atoms with E-state index in [0.29, 0.717) is 12.1 Å². The van der Waals surface area contributed by atoms with Crippen molar-refractivity contribution in [2.24, 2.45) is 5.73 Å². The molecule has 5 rings (SSSR count). The molecule has 29 heavy (non-hydrogen) atoms. The first-order valence-corrected chi connectivity index (χ1v) is 10.1. The summed E-state index contributed by atoms with van der Waals surface area (Å²) in [5.41, 5.74) is 10.0. The van der Waals surface area contributed by atoms with Gasteiger partial charge in [-0.2, -0.15) is 0 Å². The minimum atomic E-state index is -0.456. The topological polar surface area (TPSA) is 48.0 Å². The average molecular weight is 400 g/mol. The lowest BCUT2D eigenvalue weighted by Gasteiger charge is -2.09. The summed E-state index contributed by atoms with van der Waals surface area (Å²) < 4.78 is 15.9. The molecule has 0 fully saturated rings. The molecule has 0 radical (unpaired) electrons. The fourth-order valence-electron chi connectivity index (χ4n) is 3.93.